The summed E-state index contributed by atoms with van der Waals surface area (Å²) in [6.45, 7) is 1.13. The molecule has 0 radical (unpaired) electrons. The van der Waals surface area contributed by atoms with E-state index in [9.17, 15) is 0 Å². The zero-order chi connectivity index (χ0) is 13.5. The minimum atomic E-state index is 0.463. The molecule has 0 aliphatic carbocycles. The lowest BCUT2D eigenvalue weighted by Crippen LogP contribution is -2.04. The first-order valence-corrected chi connectivity index (χ1v) is 6.82. The van der Waals surface area contributed by atoms with Crippen molar-refractivity contribution in [2.75, 3.05) is 6.61 Å². The average Bonchev–Trinajstić information content (AvgIpc) is 2.45. The van der Waals surface area contributed by atoms with Crippen molar-refractivity contribution in [3.05, 3.63) is 64.7 Å². The van der Waals surface area contributed by atoms with E-state index in [0.717, 1.165) is 24.2 Å². The van der Waals surface area contributed by atoms with E-state index in [1.807, 2.05) is 24.3 Å². The molecule has 0 aliphatic heterocycles. The second-order valence-corrected chi connectivity index (χ2v) is 4.83. The van der Waals surface area contributed by atoms with Gasteiger partial charge in [0.05, 0.1) is 6.61 Å². The standard InChI is InChI=1S/C16H18ClNO/c17-15-9-8-14(12-18)16(11-15)19-10-4-7-13-5-2-1-3-6-13/h1-3,5-6,8-9,11H,4,7,10,12,18H2. The first-order valence-electron chi connectivity index (χ1n) is 6.45. The van der Waals surface area contributed by atoms with Crippen molar-refractivity contribution in [1.29, 1.82) is 0 Å². The molecular formula is C16H18ClNO. The Morgan fingerprint density at radius 2 is 1.84 bits per heavy atom. The van der Waals surface area contributed by atoms with Crippen LogP contribution in [-0.4, -0.2) is 6.61 Å². The number of halogens is 1. The Kier molecular flexibility index (Phi) is 5.25. The summed E-state index contributed by atoms with van der Waals surface area (Å²) in [6, 6.07) is 16.0. The van der Waals surface area contributed by atoms with Crippen LogP contribution in [0.4, 0.5) is 0 Å². The van der Waals surface area contributed by atoms with Crippen LogP contribution < -0.4 is 10.5 Å². The fourth-order valence-corrected chi connectivity index (χ4v) is 2.10. The molecule has 0 aromatic heterocycles. The summed E-state index contributed by atoms with van der Waals surface area (Å²) in [5.41, 5.74) is 7.99. The Hall–Kier alpha value is -1.51. The van der Waals surface area contributed by atoms with Crippen LogP contribution in [0.25, 0.3) is 0 Å². The maximum atomic E-state index is 5.96. The second kappa shape index (κ2) is 7.17. The summed E-state index contributed by atoms with van der Waals surface area (Å²) in [6.07, 6.45) is 1.99. The Bertz CT molecular complexity index is 513. The highest BCUT2D eigenvalue weighted by Crippen LogP contribution is 2.23. The first-order chi connectivity index (χ1) is 9.29. The van der Waals surface area contributed by atoms with Crippen molar-refractivity contribution in [3.8, 4) is 5.75 Å². The zero-order valence-corrected chi connectivity index (χ0v) is 11.6. The molecule has 0 aliphatic rings. The van der Waals surface area contributed by atoms with Gasteiger partial charge < -0.3 is 10.5 Å². The zero-order valence-electron chi connectivity index (χ0n) is 10.8. The van der Waals surface area contributed by atoms with Gasteiger partial charge in [0.15, 0.2) is 0 Å². The molecule has 0 atom stereocenters. The number of rotatable bonds is 6. The Morgan fingerprint density at radius 1 is 1.05 bits per heavy atom. The molecule has 3 heteroatoms. The molecule has 19 heavy (non-hydrogen) atoms. The second-order valence-electron chi connectivity index (χ2n) is 4.39. The maximum Gasteiger partial charge on any atom is 0.125 e. The predicted molar refractivity (Wildman–Crippen MR) is 79.6 cm³/mol. The van der Waals surface area contributed by atoms with Crippen LogP contribution in [0.2, 0.25) is 5.02 Å². The molecule has 0 fully saturated rings. The van der Waals surface area contributed by atoms with Gasteiger partial charge in [0, 0.05) is 17.1 Å². The molecule has 2 aromatic rings. The molecule has 2 rings (SSSR count). The third-order valence-corrected chi connectivity index (χ3v) is 3.19. The normalized spacial score (nSPS) is 10.4. The quantitative estimate of drug-likeness (QED) is 0.814. The van der Waals surface area contributed by atoms with Crippen molar-refractivity contribution in [2.45, 2.75) is 19.4 Å². The third kappa shape index (κ3) is 4.27. The average molecular weight is 276 g/mol. The number of hydrogen-bond acceptors (Lipinski definition) is 2. The fourth-order valence-electron chi connectivity index (χ4n) is 1.93. The Labute approximate surface area is 119 Å². The lowest BCUT2D eigenvalue weighted by Gasteiger charge is -2.10. The van der Waals surface area contributed by atoms with Crippen LogP contribution in [0.3, 0.4) is 0 Å². The number of hydrogen-bond donors (Lipinski definition) is 1. The minimum absolute atomic E-state index is 0.463. The third-order valence-electron chi connectivity index (χ3n) is 2.96. The van der Waals surface area contributed by atoms with Crippen LogP contribution in [-0.2, 0) is 13.0 Å². The molecule has 0 amide bonds. The van der Waals surface area contributed by atoms with E-state index < -0.39 is 0 Å². The highest BCUT2D eigenvalue weighted by Gasteiger charge is 2.03. The molecule has 0 saturated heterocycles. The van der Waals surface area contributed by atoms with Crippen LogP contribution >= 0.6 is 11.6 Å². The summed E-state index contributed by atoms with van der Waals surface area (Å²) < 4.78 is 5.77. The van der Waals surface area contributed by atoms with Crippen molar-refractivity contribution < 1.29 is 4.74 Å². The van der Waals surface area contributed by atoms with Crippen molar-refractivity contribution in [3.63, 3.8) is 0 Å². The van der Waals surface area contributed by atoms with Gasteiger partial charge in [-0.2, -0.15) is 0 Å². The topological polar surface area (TPSA) is 35.2 Å². The molecule has 2 nitrogen and oxygen atoms in total. The van der Waals surface area contributed by atoms with E-state index in [4.69, 9.17) is 22.1 Å². The Morgan fingerprint density at radius 3 is 2.58 bits per heavy atom. The lowest BCUT2D eigenvalue weighted by atomic mass is 10.1. The van der Waals surface area contributed by atoms with Gasteiger partial charge in [-0.05, 0) is 30.5 Å². The summed E-state index contributed by atoms with van der Waals surface area (Å²) in [5, 5.41) is 0.676. The predicted octanol–water partition coefficient (Wildman–Crippen LogP) is 3.81. The molecule has 2 N–H and O–H groups in total. The van der Waals surface area contributed by atoms with Crippen molar-refractivity contribution in [2.24, 2.45) is 5.73 Å². The van der Waals surface area contributed by atoms with E-state index in [0.29, 0.717) is 18.2 Å². The van der Waals surface area contributed by atoms with Gasteiger partial charge >= 0.3 is 0 Å². The van der Waals surface area contributed by atoms with Crippen LogP contribution in [0.5, 0.6) is 5.75 Å². The number of benzene rings is 2. The smallest absolute Gasteiger partial charge is 0.125 e. The van der Waals surface area contributed by atoms with Crippen molar-refractivity contribution >= 4 is 11.6 Å². The van der Waals surface area contributed by atoms with E-state index in [2.05, 4.69) is 24.3 Å². The van der Waals surface area contributed by atoms with Gasteiger partial charge in [0.2, 0.25) is 0 Å². The van der Waals surface area contributed by atoms with Crippen LogP contribution in [0.15, 0.2) is 48.5 Å². The van der Waals surface area contributed by atoms with E-state index in [-0.39, 0.29) is 0 Å². The summed E-state index contributed by atoms with van der Waals surface area (Å²) in [7, 11) is 0. The molecule has 100 valence electrons. The number of aryl methyl sites for hydroxylation is 1. The van der Waals surface area contributed by atoms with Crippen LogP contribution in [0, 0.1) is 0 Å². The molecule has 0 spiro atoms. The van der Waals surface area contributed by atoms with Gasteiger partial charge in [-0.1, -0.05) is 48.0 Å². The number of ether oxygens (including phenoxy) is 1. The molecule has 0 saturated carbocycles. The largest absolute Gasteiger partial charge is 0.493 e. The highest BCUT2D eigenvalue weighted by molar-refractivity contribution is 6.30. The molecule has 2 aromatic carbocycles. The van der Waals surface area contributed by atoms with E-state index >= 15 is 0 Å². The molecule has 0 unspecified atom stereocenters. The molecule has 0 bridgehead atoms. The van der Waals surface area contributed by atoms with Crippen molar-refractivity contribution in [1.82, 2.24) is 0 Å². The van der Waals surface area contributed by atoms with Gasteiger partial charge in [-0.3, -0.25) is 0 Å². The van der Waals surface area contributed by atoms with E-state index in [1.165, 1.54) is 5.56 Å². The first kappa shape index (κ1) is 13.9. The summed E-state index contributed by atoms with van der Waals surface area (Å²) in [5.74, 6) is 0.795. The van der Waals surface area contributed by atoms with Gasteiger partial charge in [-0.25, -0.2) is 0 Å². The number of nitrogens with two attached hydrogens (primary N) is 1. The minimum Gasteiger partial charge on any atom is -0.493 e. The van der Waals surface area contributed by atoms with E-state index in [1.54, 1.807) is 0 Å². The lowest BCUT2D eigenvalue weighted by molar-refractivity contribution is 0.308. The van der Waals surface area contributed by atoms with Crippen LogP contribution in [0.1, 0.15) is 17.5 Å². The summed E-state index contributed by atoms with van der Waals surface area (Å²) in [4.78, 5) is 0. The van der Waals surface area contributed by atoms with Gasteiger partial charge in [-0.15, -0.1) is 0 Å². The Balaban J connectivity index is 1.84. The van der Waals surface area contributed by atoms with Gasteiger partial charge in [0.25, 0.3) is 0 Å². The summed E-state index contributed by atoms with van der Waals surface area (Å²) >= 11 is 5.96. The SMILES string of the molecule is NCc1ccc(Cl)cc1OCCCc1ccccc1. The fraction of sp³-hybridized carbons (Fsp3) is 0.250. The maximum absolute atomic E-state index is 5.96. The molecule has 0 heterocycles. The highest BCUT2D eigenvalue weighted by atomic mass is 35.5. The monoisotopic (exact) mass is 275 g/mol. The van der Waals surface area contributed by atoms with Gasteiger partial charge in [0.1, 0.15) is 5.75 Å². The molecular weight excluding hydrogens is 258 g/mol.